The number of aryl methyl sites for hydroxylation is 1. The van der Waals surface area contributed by atoms with Crippen LogP contribution in [0.4, 0.5) is 0 Å². The number of hydrogen-bond acceptors (Lipinski definition) is 4. The summed E-state index contributed by atoms with van der Waals surface area (Å²) >= 11 is 0. The molecule has 0 saturated heterocycles. The van der Waals surface area contributed by atoms with Crippen LogP contribution in [-0.2, 0) is 6.54 Å². The minimum atomic E-state index is -0.105. The van der Waals surface area contributed by atoms with Gasteiger partial charge < -0.3 is 10.1 Å². The van der Waals surface area contributed by atoms with Gasteiger partial charge in [-0.15, -0.1) is 0 Å². The minimum Gasteiger partial charge on any atom is -0.394 e. The van der Waals surface area contributed by atoms with Gasteiger partial charge in [0.15, 0.2) is 12.1 Å². The van der Waals surface area contributed by atoms with E-state index in [1.54, 1.807) is 24.0 Å². The van der Waals surface area contributed by atoms with Crippen LogP contribution in [-0.4, -0.2) is 38.5 Å². The summed E-state index contributed by atoms with van der Waals surface area (Å²) < 4.78 is 1.57. The molecule has 0 spiro atoms. The Morgan fingerprint density at radius 1 is 1.58 bits per heavy atom. The molecular formula is C13H15N3O3. The van der Waals surface area contributed by atoms with Crippen molar-refractivity contribution in [2.45, 2.75) is 20.4 Å². The predicted molar refractivity (Wildman–Crippen MR) is 69.2 cm³/mol. The SMILES string of the molecule is CC(=O)c1c(C)[nH]c(C=O)c1-c1cnn(CCO)c1. The monoisotopic (exact) mass is 261 g/mol. The third-order valence-electron chi connectivity index (χ3n) is 2.94. The average molecular weight is 261 g/mol. The molecule has 2 aromatic rings. The van der Waals surface area contributed by atoms with Crippen LogP contribution in [0.1, 0.15) is 33.5 Å². The van der Waals surface area contributed by atoms with E-state index < -0.39 is 0 Å². The van der Waals surface area contributed by atoms with Gasteiger partial charge in [0.05, 0.1) is 25.0 Å². The number of hydrogen-bond donors (Lipinski definition) is 2. The van der Waals surface area contributed by atoms with E-state index in [-0.39, 0.29) is 12.4 Å². The highest BCUT2D eigenvalue weighted by molar-refractivity contribution is 6.05. The van der Waals surface area contributed by atoms with Crippen molar-refractivity contribution in [1.29, 1.82) is 0 Å². The number of aliphatic hydroxyl groups excluding tert-OH is 1. The smallest absolute Gasteiger partial charge is 0.166 e. The van der Waals surface area contributed by atoms with E-state index in [0.29, 0.717) is 40.9 Å². The number of aldehydes is 1. The fourth-order valence-electron chi connectivity index (χ4n) is 2.19. The molecule has 0 aliphatic carbocycles. The number of carbonyl (C=O) groups is 2. The van der Waals surface area contributed by atoms with Crippen LogP contribution < -0.4 is 0 Å². The molecule has 0 bridgehead atoms. The van der Waals surface area contributed by atoms with Crippen LogP contribution in [0.5, 0.6) is 0 Å². The third kappa shape index (κ3) is 2.34. The van der Waals surface area contributed by atoms with Crippen molar-refractivity contribution in [3.05, 3.63) is 29.3 Å². The maximum absolute atomic E-state index is 11.7. The number of aromatic nitrogens is 3. The van der Waals surface area contributed by atoms with Gasteiger partial charge in [-0.05, 0) is 13.8 Å². The van der Waals surface area contributed by atoms with Gasteiger partial charge in [-0.1, -0.05) is 0 Å². The van der Waals surface area contributed by atoms with Gasteiger partial charge >= 0.3 is 0 Å². The predicted octanol–water partition coefficient (Wildman–Crippen LogP) is 1.19. The van der Waals surface area contributed by atoms with Crippen molar-refractivity contribution < 1.29 is 14.7 Å². The number of nitrogens with one attached hydrogen (secondary N) is 1. The lowest BCUT2D eigenvalue weighted by atomic mass is 10.0. The Bertz CT molecular complexity index is 625. The number of Topliss-reactive ketones (excluding diaryl/α,β-unsaturated/α-hetero) is 1. The van der Waals surface area contributed by atoms with Crippen LogP contribution in [0, 0.1) is 6.92 Å². The molecule has 6 nitrogen and oxygen atoms in total. The first kappa shape index (κ1) is 13.2. The van der Waals surface area contributed by atoms with E-state index in [2.05, 4.69) is 10.1 Å². The van der Waals surface area contributed by atoms with Gasteiger partial charge in [-0.2, -0.15) is 5.10 Å². The lowest BCUT2D eigenvalue weighted by molar-refractivity contribution is 0.101. The van der Waals surface area contributed by atoms with Gasteiger partial charge in [0.2, 0.25) is 0 Å². The van der Waals surface area contributed by atoms with Crippen LogP contribution in [0.15, 0.2) is 12.4 Å². The number of nitrogens with zero attached hydrogens (tertiary/aromatic N) is 2. The minimum absolute atomic E-state index is 0.0204. The summed E-state index contributed by atoms with van der Waals surface area (Å²) in [5.41, 5.74) is 2.80. The molecule has 0 radical (unpaired) electrons. The standard InChI is InChI=1S/C13H15N3O3/c1-8-12(9(2)19)13(11(7-18)15-8)10-5-14-16(6-10)3-4-17/h5-7,15,17H,3-4H2,1-2H3. The van der Waals surface area contributed by atoms with Gasteiger partial charge in [-0.25, -0.2) is 0 Å². The van der Waals surface area contributed by atoms with Gasteiger partial charge in [0.1, 0.15) is 0 Å². The normalized spacial score (nSPS) is 10.7. The molecule has 0 aliphatic heterocycles. The highest BCUT2D eigenvalue weighted by atomic mass is 16.3. The molecule has 0 aromatic carbocycles. The molecule has 0 fully saturated rings. The summed E-state index contributed by atoms with van der Waals surface area (Å²) in [4.78, 5) is 25.7. The number of ketones is 1. The Balaban J connectivity index is 2.58. The average Bonchev–Trinajstić information content (AvgIpc) is 2.93. The van der Waals surface area contributed by atoms with Crippen molar-refractivity contribution >= 4 is 12.1 Å². The number of aliphatic hydroxyl groups is 1. The van der Waals surface area contributed by atoms with Gasteiger partial charge in [0.25, 0.3) is 0 Å². The topological polar surface area (TPSA) is 88.0 Å². The van der Waals surface area contributed by atoms with Crippen molar-refractivity contribution in [3.8, 4) is 11.1 Å². The molecular weight excluding hydrogens is 246 g/mol. The first-order valence-electron chi connectivity index (χ1n) is 5.90. The van der Waals surface area contributed by atoms with Crippen molar-refractivity contribution in [2.24, 2.45) is 0 Å². The molecule has 6 heteroatoms. The van der Waals surface area contributed by atoms with E-state index in [0.717, 1.165) is 0 Å². The van der Waals surface area contributed by atoms with Crippen molar-refractivity contribution in [3.63, 3.8) is 0 Å². The molecule has 2 aromatic heterocycles. The molecule has 0 saturated carbocycles. The first-order valence-corrected chi connectivity index (χ1v) is 5.90. The van der Waals surface area contributed by atoms with Crippen LogP contribution in [0.3, 0.4) is 0 Å². The summed E-state index contributed by atoms with van der Waals surface area (Å²) in [5.74, 6) is -0.105. The fraction of sp³-hybridized carbons (Fsp3) is 0.308. The molecule has 0 aliphatic rings. The summed E-state index contributed by atoms with van der Waals surface area (Å²) in [6.07, 6.45) is 3.98. The van der Waals surface area contributed by atoms with E-state index >= 15 is 0 Å². The molecule has 0 amide bonds. The van der Waals surface area contributed by atoms with Crippen LogP contribution in [0.2, 0.25) is 0 Å². The zero-order valence-corrected chi connectivity index (χ0v) is 10.8. The molecule has 0 unspecified atom stereocenters. The molecule has 2 N–H and O–H groups in total. The molecule has 2 rings (SSSR count). The van der Waals surface area contributed by atoms with Crippen LogP contribution in [0.25, 0.3) is 11.1 Å². The number of carbonyl (C=O) groups excluding carboxylic acids is 2. The summed E-state index contributed by atoms with van der Waals surface area (Å²) in [6, 6.07) is 0. The Hall–Kier alpha value is -2.21. The number of rotatable bonds is 5. The second-order valence-electron chi connectivity index (χ2n) is 4.30. The summed E-state index contributed by atoms with van der Waals surface area (Å²) in [7, 11) is 0. The highest BCUT2D eigenvalue weighted by Crippen LogP contribution is 2.29. The van der Waals surface area contributed by atoms with E-state index in [1.807, 2.05) is 0 Å². The second-order valence-corrected chi connectivity index (χ2v) is 4.30. The second kappa shape index (κ2) is 5.19. The fourth-order valence-corrected chi connectivity index (χ4v) is 2.19. The quantitative estimate of drug-likeness (QED) is 0.625. The maximum Gasteiger partial charge on any atom is 0.166 e. The summed E-state index contributed by atoms with van der Waals surface area (Å²) in [5, 5.41) is 13.0. The van der Waals surface area contributed by atoms with Gasteiger partial charge in [0, 0.05) is 28.6 Å². The van der Waals surface area contributed by atoms with E-state index in [1.165, 1.54) is 6.92 Å². The Morgan fingerprint density at radius 3 is 2.89 bits per heavy atom. The first-order chi connectivity index (χ1) is 9.08. The molecule has 100 valence electrons. The largest absolute Gasteiger partial charge is 0.394 e. The molecule has 19 heavy (non-hydrogen) atoms. The zero-order valence-electron chi connectivity index (χ0n) is 10.8. The third-order valence-corrected chi connectivity index (χ3v) is 2.94. The Morgan fingerprint density at radius 2 is 2.32 bits per heavy atom. The van der Waals surface area contributed by atoms with Crippen molar-refractivity contribution in [2.75, 3.05) is 6.61 Å². The number of aromatic amines is 1. The van der Waals surface area contributed by atoms with E-state index in [9.17, 15) is 9.59 Å². The zero-order chi connectivity index (χ0) is 14.0. The lowest BCUT2D eigenvalue weighted by Crippen LogP contribution is -2.01. The molecule has 2 heterocycles. The number of H-pyrrole nitrogens is 1. The van der Waals surface area contributed by atoms with E-state index in [4.69, 9.17) is 5.11 Å². The summed E-state index contributed by atoms with van der Waals surface area (Å²) in [6.45, 7) is 3.57. The lowest BCUT2D eigenvalue weighted by Gasteiger charge is -2.00. The molecule has 0 atom stereocenters. The Kier molecular flexibility index (Phi) is 3.62. The maximum atomic E-state index is 11.7. The van der Waals surface area contributed by atoms with Gasteiger partial charge in [-0.3, -0.25) is 14.3 Å². The van der Waals surface area contributed by atoms with Crippen LogP contribution >= 0.6 is 0 Å². The highest BCUT2D eigenvalue weighted by Gasteiger charge is 2.20. The van der Waals surface area contributed by atoms with Crippen molar-refractivity contribution in [1.82, 2.24) is 14.8 Å². The Labute approximate surface area is 110 Å².